The zero-order chi connectivity index (χ0) is 19.0. The Morgan fingerprint density at radius 2 is 2.04 bits per heavy atom. The van der Waals surface area contributed by atoms with Gasteiger partial charge in [-0.3, -0.25) is 19.8 Å². The van der Waals surface area contributed by atoms with Crippen LogP contribution in [-0.4, -0.2) is 45.0 Å². The second kappa shape index (κ2) is 6.73. The quantitative estimate of drug-likeness (QED) is 0.738. The van der Waals surface area contributed by atoms with Crippen LogP contribution in [0.25, 0.3) is 0 Å². The predicted molar refractivity (Wildman–Crippen MR) is 99.2 cm³/mol. The summed E-state index contributed by atoms with van der Waals surface area (Å²) in [6.45, 7) is 1.39. The van der Waals surface area contributed by atoms with E-state index in [1.807, 2.05) is 30.3 Å². The van der Waals surface area contributed by atoms with Crippen LogP contribution in [0.3, 0.4) is 0 Å². The predicted octanol–water partition coefficient (Wildman–Crippen LogP) is 1.79. The van der Waals surface area contributed by atoms with Gasteiger partial charge in [-0.1, -0.05) is 41.7 Å². The van der Waals surface area contributed by atoms with Crippen molar-refractivity contribution in [3.63, 3.8) is 0 Å². The molecule has 2 N–H and O–H groups in total. The van der Waals surface area contributed by atoms with Crippen molar-refractivity contribution in [1.29, 1.82) is 0 Å². The summed E-state index contributed by atoms with van der Waals surface area (Å²) in [5, 5.41) is 14.5. The molecule has 1 atom stereocenters. The second-order valence-corrected chi connectivity index (χ2v) is 8.07. The molecule has 140 valence electrons. The van der Waals surface area contributed by atoms with E-state index in [9.17, 15) is 14.4 Å². The van der Waals surface area contributed by atoms with Gasteiger partial charge in [-0.15, -0.1) is 10.2 Å². The molecule has 0 spiro atoms. The molecule has 0 bridgehead atoms. The first kappa shape index (κ1) is 17.6. The molecule has 1 aromatic heterocycles. The van der Waals surface area contributed by atoms with Gasteiger partial charge in [0, 0.05) is 6.42 Å². The number of carbonyl (C=O) groups is 3. The summed E-state index contributed by atoms with van der Waals surface area (Å²) in [7, 11) is 0. The number of amides is 4. The highest BCUT2D eigenvalue weighted by molar-refractivity contribution is 7.15. The molecule has 4 amide bonds. The molecule has 9 heteroatoms. The van der Waals surface area contributed by atoms with Gasteiger partial charge in [0.15, 0.2) is 0 Å². The molecule has 2 fully saturated rings. The fourth-order valence-electron chi connectivity index (χ4n) is 3.25. The van der Waals surface area contributed by atoms with Crippen LogP contribution in [0.4, 0.5) is 9.93 Å². The minimum atomic E-state index is -0.886. The van der Waals surface area contributed by atoms with Crippen molar-refractivity contribution in [3.05, 3.63) is 40.9 Å². The molecule has 0 radical (unpaired) electrons. The minimum absolute atomic E-state index is 0.158. The molecular formula is C18H19N5O3S. The average Bonchev–Trinajstić information content (AvgIpc) is 3.38. The van der Waals surface area contributed by atoms with Crippen LogP contribution in [-0.2, 0) is 16.0 Å². The molecule has 0 unspecified atom stereocenters. The summed E-state index contributed by atoms with van der Waals surface area (Å²) in [5.41, 5.74) is 0.216. The highest BCUT2D eigenvalue weighted by Crippen LogP contribution is 2.42. The van der Waals surface area contributed by atoms with Crippen molar-refractivity contribution in [3.8, 4) is 0 Å². The van der Waals surface area contributed by atoms with E-state index in [1.165, 1.54) is 11.3 Å². The standard InChI is InChI=1S/C18H19N5O3S/c1-18(12-7-8-12)15(25)23(17(26)20-18)10-13(24)19-16-22-21-14(27-16)9-11-5-3-2-4-6-11/h2-6,12H,7-10H2,1H3,(H,20,26)(H,19,22,24)/t18-/m1/s1. The lowest BCUT2D eigenvalue weighted by Crippen LogP contribution is -2.46. The maximum absolute atomic E-state index is 12.6. The van der Waals surface area contributed by atoms with Crippen molar-refractivity contribution < 1.29 is 14.4 Å². The Hall–Kier alpha value is -2.81. The maximum Gasteiger partial charge on any atom is 0.325 e. The Morgan fingerprint density at radius 3 is 2.74 bits per heavy atom. The van der Waals surface area contributed by atoms with E-state index in [0.29, 0.717) is 11.6 Å². The summed E-state index contributed by atoms with van der Waals surface area (Å²) in [6.07, 6.45) is 2.45. The van der Waals surface area contributed by atoms with Crippen LogP contribution in [0.1, 0.15) is 30.3 Å². The molecule has 1 aliphatic carbocycles. The first-order valence-electron chi connectivity index (χ1n) is 8.76. The number of nitrogens with one attached hydrogen (secondary N) is 2. The number of benzene rings is 1. The van der Waals surface area contributed by atoms with Crippen molar-refractivity contribution in [2.24, 2.45) is 5.92 Å². The number of nitrogens with zero attached hydrogens (tertiary/aromatic N) is 3. The van der Waals surface area contributed by atoms with E-state index in [0.717, 1.165) is 28.3 Å². The number of imide groups is 1. The Kier molecular flexibility index (Phi) is 4.39. The van der Waals surface area contributed by atoms with Gasteiger partial charge < -0.3 is 5.32 Å². The highest BCUT2D eigenvalue weighted by Gasteiger charge is 2.56. The molecule has 2 heterocycles. The Labute approximate surface area is 160 Å². The van der Waals surface area contributed by atoms with Crippen LogP contribution in [0.2, 0.25) is 0 Å². The van der Waals surface area contributed by atoms with E-state index in [2.05, 4.69) is 20.8 Å². The summed E-state index contributed by atoms with van der Waals surface area (Å²) >= 11 is 1.27. The third kappa shape index (κ3) is 3.55. The molecule has 1 saturated carbocycles. The smallest absolute Gasteiger partial charge is 0.323 e. The number of urea groups is 1. The van der Waals surface area contributed by atoms with Crippen molar-refractivity contribution in [1.82, 2.24) is 20.4 Å². The monoisotopic (exact) mass is 385 g/mol. The molecule has 4 rings (SSSR count). The first-order chi connectivity index (χ1) is 13.0. The molecule has 8 nitrogen and oxygen atoms in total. The van der Waals surface area contributed by atoms with E-state index < -0.39 is 17.5 Å². The molecule has 27 heavy (non-hydrogen) atoms. The molecule has 1 aromatic carbocycles. The molecule has 1 saturated heterocycles. The largest absolute Gasteiger partial charge is 0.325 e. The Morgan fingerprint density at radius 1 is 1.30 bits per heavy atom. The third-order valence-electron chi connectivity index (χ3n) is 4.91. The summed E-state index contributed by atoms with van der Waals surface area (Å²) in [4.78, 5) is 37.9. The number of carbonyl (C=O) groups excluding carboxylic acids is 3. The lowest BCUT2D eigenvalue weighted by Gasteiger charge is -2.20. The summed E-state index contributed by atoms with van der Waals surface area (Å²) in [5.74, 6) is -0.654. The average molecular weight is 385 g/mol. The van der Waals surface area contributed by atoms with Crippen molar-refractivity contribution in [2.45, 2.75) is 31.7 Å². The number of anilines is 1. The summed E-state index contributed by atoms with van der Waals surface area (Å²) in [6, 6.07) is 9.31. The Bertz CT molecular complexity index is 895. The maximum atomic E-state index is 12.6. The lowest BCUT2D eigenvalue weighted by molar-refractivity contribution is -0.134. The van der Waals surface area contributed by atoms with Crippen LogP contribution in [0.15, 0.2) is 30.3 Å². The van der Waals surface area contributed by atoms with E-state index in [-0.39, 0.29) is 18.4 Å². The number of hydrogen-bond donors (Lipinski definition) is 2. The fourth-order valence-corrected chi connectivity index (χ4v) is 4.04. The van der Waals surface area contributed by atoms with Gasteiger partial charge in [-0.05, 0) is 31.2 Å². The van der Waals surface area contributed by atoms with E-state index in [4.69, 9.17) is 0 Å². The van der Waals surface area contributed by atoms with Crippen LogP contribution in [0, 0.1) is 5.92 Å². The molecule has 2 aliphatic rings. The lowest BCUT2D eigenvalue weighted by atomic mass is 9.96. The zero-order valence-electron chi connectivity index (χ0n) is 14.8. The van der Waals surface area contributed by atoms with Crippen LogP contribution in [0.5, 0.6) is 0 Å². The fraction of sp³-hybridized carbons (Fsp3) is 0.389. The zero-order valence-corrected chi connectivity index (χ0v) is 15.6. The third-order valence-corrected chi connectivity index (χ3v) is 5.75. The van der Waals surface area contributed by atoms with Gasteiger partial charge in [0.2, 0.25) is 11.0 Å². The van der Waals surface area contributed by atoms with E-state index >= 15 is 0 Å². The number of rotatable bonds is 6. The minimum Gasteiger partial charge on any atom is -0.323 e. The SMILES string of the molecule is C[C@]1(C2CC2)NC(=O)N(CC(=O)Nc2nnc(Cc3ccccc3)s2)C1=O. The van der Waals surface area contributed by atoms with Gasteiger partial charge in [0.05, 0.1) is 0 Å². The van der Waals surface area contributed by atoms with Gasteiger partial charge in [-0.25, -0.2) is 4.79 Å². The normalized spacial score (nSPS) is 22.0. The Balaban J connectivity index is 1.36. The van der Waals surface area contributed by atoms with Gasteiger partial charge in [-0.2, -0.15) is 0 Å². The van der Waals surface area contributed by atoms with Crippen molar-refractivity contribution >= 4 is 34.3 Å². The topological polar surface area (TPSA) is 104 Å². The molecule has 2 aromatic rings. The number of hydrogen-bond acceptors (Lipinski definition) is 6. The van der Waals surface area contributed by atoms with Crippen LogP contribution < -0.4 is 10.6 Å². The van der Waals surface area contributed by atoms with Gasteiger partial charge in [0.25, 0.3) is 5.91 Å². The van der Waals surface area contributed by atoms with Gasteiger partial charge in [0.1, 0.15) is 17.1 Å². The first-order valence-corrected chi connectivity index (χ1v) is 9.57. The molecular weight excluding hydrogens is 366 g/mol. The molecule has 1 aliphatic heterocycles. The number of aromatic nitrogens is 2. The summed E-state index contributed by atoms with van der Waals surface area (Å²) < 4.78 is 0. The van der Waals surface area contributed by atoms with Gasteiger partial charge >= 0.3 is 6.03 Å². The second-order valence-electron chi connectivity index (χ2n) is 7.01. The van der Waals surface area contributed by atoms with Crippen molar-refractivity contribution in [2.75, 3.05) is 11.9 Å². The van der Waals surface area contributed by atoms with Crippen LogP contribution >= 0.6 is 11.3 Å². The highest BCUT2D eigenvalue weighted by atomic mass is 32.1. The van der Waals surface area contributed by atoms with E-state index in [1.54, 1.807) is 6.92 Å².